The Labute approximate surface area is 117 Å². The van der Waals surface area contributed by atoms with Gasteiger partial charge in [0.1, 0.15) is 0 Å². The number of hydrogen-bond acceptors (Lipinski definition) is 4. The first-order chi connectivity index (χ1) is 9.40. The molecule has 108 valence electrons. The molecule has 0 aliphatic rings. The zero-order valence-electron chi connectivity index (χ0n) is 11.9. The van der Waals surface area contributed by atoms with E-state index in [2.05, 4.69) is 6.58 Å². The van der Waals surface area contributed by atoms with Crippen LogP contribution in [0.5, 0.6) is 5.75 Å². The van der Waals surface area contributed by atoms with Crippen LogP contribution >= 0.6 is 0 Å². The summed E-state index contributed by atoms with van der Waals surface area (Å²) in [5.41, 5.74) is 0.897. The molecule has 0 spiro atoms. The van der Waals surface area contributed by atoms with Crippen molar-refractivity contribution in [3.8, 4) is 5.75 Å². The van der Waals surface area contributed by atoms with E-state index in [4.69, 9.17) is 4.74 Å². The molecule has 20 heavy (non-hydrogen) atoms. The SMILES string of the molecule is C=C(C)CN(CC)C(=O)c1ccc(OC)c([N+](=O)[O-])c1. The van der Waals surface area contributed by atoms with Crippen molar-refractivity contribution in [1.29, 1.82) is 0 Å². The van der Waals surface area contributed by atoms with Gasteiger partial charge in [-0.3, -0.25) is 14.9 Å². The minimum absolute atomic E-state index is 0.134. The standard InChI is InChI=1S/C14H18N2O4/c1-5-15(9-10(2)3)14(17)11-6-7-13(20-4)12(8-11)16(18)19/h6-8H,2,5,9H2,1,3-4H3. The van der Waals surface area contributed by atoms with Gasteiger partial charge in [-0.25, -0.2) is 0 Å². The van der Waals surface area contributed by atoms with Gasteiger partial charge in [0, 0.05) is 24.7 Å². The van der Waals surface area contributed by atoms with Gasteiger partial charge >= 0.3 is 5.69 Å². The topological polar surface area (TPSA) is 72.7 Å². The number of hydrogen-bond donors (Lipinski definition) is 0. The molecule has 0 bridgehead atoms. The first-order valence-corrected chi connectivity index (χ1v) is 6.16. The molecule has 1 aromatic rings. The summed E-state index contributed by atoms with van der Waals surface area (Å²) in [6.07, 6.45) is 0. The smallest absolute Gasteiger partial charge is 0.311 e. The van der Waals surface area contributed by atoms with E-state index in [9.17, 15) is 14.9 Å². The molecule has 0 aliphatic heterocycles. The number of nitrogens with zero attached hydrogens (tertiary/aromatic N) is 2. The summed E-state index contributed by atoms with van der Waals surface area (Å²) in [4.78, 5) is 24.3. The van der Waals surface area contributed by atoms with Crippen molar-refractivity contribution in [3.63, 3.8) is 0 Å². The summed E-state index contributed by atoms with van der Waals surface area (Å²) in [5, 5.41) is 11.0. The van der Waals surface area contributed by atoms with Gasteiger partial charge in [-0.2, -0.15) is 0 Å². The third-order valence-electron chi connectivity index (χ3n) is 2.75. The second-order valence-corrected chi connectivity index (χ2v) is 4.42. The highest BCUT2D eigenvalue weighted by molar-refractivity contribution is 5.95. The average Bonchev–Trinajstić information content (AvgIpc) is 2.42. The largest absolute Gasteiger partial charge is 0.490 e. The van der Waals surface area contributed by atoms with Gasteiger partial charge in [-0.1, -0.05) is 12.2 Å². The third kappa shape index (κ3) is 3.57. The minimum Gasteiger partial charge on any atom is -0.490 e. The van der Waals surface area contributed by atoms with Gasteiger partial charge in [0.15, 0.2) is 5.75 Å². The average molecular weight is 278 g/mol. The zero-order valence-corrected chi connectivity index (χ0v) is 11.9. The highest BCUT2D eigenvalue weighted by Crippen LogP contribution is 2.28. The minimum atomic E-state index is -0.565. The molecular formula is C14H18N2O4. The number of carbonyl (C=O) groups excluding carboxylic acids is 1. The van der Waals surface area contributed by atoms with Crippen LogP contribution in [0.4, 0.5) is 5.69 Å². The fraction of sp³-hybridized carbons (Fsp3) is 0.357. The highest BCUT2D eigenvalue weighted by atomic mass is 16.6. The van der Waals surface area contributed by atoms with Crippen LogP contribution in [0.3, 0.4) is 0 Å². The van der Waals surface area contributed by atoms with E-state index >= 15 is 0 Å². The van der Waals surface area contributed by atoms with E-state index in [-0.39, 0.29) is 22.9 Å². The van der Waals surface area contributed by atoms with Crippen molar-refractivity contribution in [2.45, 2.75) is 13.8 Å². The molecule has 0 unspecified atom stereocenters. The van der Waals surface area contributed by atoms with E-state index in [1.165, 1.54) is 25.3 Å². The Kier molecular flexibility index (Phi) is 5.25. The summed E-state index contributed by atoms with van der Waals surface area (Å²) < 4.78 is 4.91. The Balaban J connectivity index is 3.12. The van der Waals surface area contributed by atoms with Crippen LogP contribution in [0.25, 0.3) is 0 Å². The van der Waals surface area contributed by atoms with Crippen molar-refractivity contribution in [3.05, 3.63) is 46.0 Å². The highest BCUT2D eigenvalue weighted by Gasteiger charge is 2.20. The molecule has 0 aromatic heterocycles. The summed E-state index contributed by atoms with van der Waals surface area (Å²) in [6.45, 7) is 8.37. The molecule has 0 saturated heterocycles. The normalized spacial score (nSPS) is 9.95. The van der Waals surface area contributed by atoms with Crippen LogP contribution in [-0.2, 0) is 0 Å². The van der Waals surface area contributed by atoms with Crippen LogP contribution in [0.15, 0.2) is 30.4 Å². The van der Waals surface area contributed by atoms with Crippen LogP contribution in [0.1, 0.15) is 24.2 Å². The molecule has 0 radical (unpaired) electrons. The fourth-order valence-electron chi connectivity index (χ4n) is 1.80. The molecule has 6 nitrogen and oxygen atoms in total. The third-order valence-corrected chi connectivity index (χ3v) is 2.75. The van der Waals surface area contributed by atoms with E-state index < -0.39 is 4.92 Å². The molecule has 0 aliphatic carbocycles. The number of ether oxygens (including phenoxy) is 1. The number of rotatable bonds is 6. The van der Waals surface area contributed by atoms with Gasteiger partial charge in [0.2, 0.25) is 0 Å². The number of nitro benzene ring substituents is 1. The summed E-state index contributed by atoms with van der Waals surface area (Å²) in [5.74, 6) is -0.129. The Morgan fingerprint density at radius 2 is 2.15 bits per heavy atom. The van der Waals surface area contributed by atoms with E-state index in [0.29, 0.717) is 13.1 Å². The van der Waals surface area contributed by atoms with E-state index in [1.807, 2.05) is 13.8 Å². The number of nitro groups is 1. The molecule has 1 amide bonds. The number of amides is 1. The van der Waals surface area contributed by atoms with Gasteiger partial charge in [0.25, 0.3) is 5.91 Å². The maximum atomic E-state index is 12.3. The van der Waals surface area contributed by atoms with Crippen LogP contribution in [0.2, 0.25) is 0 Å². The Hall–Kier alpha value is -2.37. The van der Waals surface area contributed by atoms with Gasteiger partial charge in [0.05, 0.1) is 12.0 Å². The number of benzene rings is 1. The lowest BCUT2D eigenvalue weighted by atomic mass is 10.1. The van der Waals surface area contributed by atoms with Crippen LogP contribution in [0, 0.1) is 10.1 Å². The lowest BCUT2D eigenvalue weighted by Gasteiger charge is -2.21. The molecule has 1 rings (SSSR count). The first-order valence-electron chi connectivity index (χ1n) is 6.16. The maximum absolute atomic E-state index is 12.3. The lowest BCUT2D eigenvalue weighted by Crippen LogP contribution is -2.32. The fourth-order valence-corrected chi connectivity index (χ4v) is 1.80. The molecule has 0 saturated carbocycles. The van der Waals surface area contributed by atoms with Crippen molar-refractivity contribution in [1.82, 2.24) is 4.90 Å². The Morgan fingerprint density at radius 1 is 1.50 bits per heavy atom. The predicted molar refractivity (Wildman–Crippen MR) is 76.0 cm³/mol. The van der Waals surface area contributed by atoms with Crippen LogP contribution in [-0.4, -0.2) is 35.9 Å². The summed E-state index contributed by atoms with van der Waals surface area (Å²) in [7, 11) is 1.35. The van der Waals surface area contributed by atoms with Gasteiger partial charge in [-0.05, 0) is 26.0 Å². The number of methoxy groups -OCH3 is 1. The van der Waals surface area contributed by atoms with E-state index in [1.54, 1.807) is 4.90 Å². The Bertz CT molecular complexity index is 540. The lowest BCUT2D eigenvalue weighted by molar-refractivity contribution is -0.385. The van der Waals surface area contributed by atoms with Crippen molar-refractivity contribution in [2.24, 2.45) is 0 Å². The quantitative estimate of drug-likeness (QED) is 0.455. The molecule has 0 atom stereocenters. The number of likely N-dealkylation sites (N-methyl/N-ethyl adjacent to an activating group) is 1. The maximum Gasteiger partial charge on any atom is 0.311 e. The van der Waals surface area contributed by atoms with Crippen molar-refractivity contribution >= 4 is 11.6 Å². The zero-order chi connectivity index (χ0) is 15.3. The molecule has 0 N–H and O–H groups in total. The predicted octanol–water partition coefficient (Wildman–Crippen LogP) is 2.64. The van der Waals surface area contributed by atoms with Crippen molar-refractivity contribution in [2.75, 3.05) is 20.2 Å². The first kappa shape index (κ1) is 15.7. The second kappa shape index (κ2) is 6.70. The molecule has 0 heterocycles. The molecular weight excluding hydrogens is 260 g/mol. The van der Waals surface area contributed by atoms with Crippen molar-refractivity contribution < 1.29 is 14.5 Å². The molecule has 6 heteroatoms. The Morgan fingerprint density at radius 3 is 2.60 bits per heavy atom. The molecule has 1 aromatic carbocycles. The summed E-state index contributed by atoms with van der Waals surface area (Å²) >= 11 is 0. The second-order valence-electron chi connectivity index (χ2n) is 4.42. The van der Waals surface area contributed by atoms with Gasteiger partial charge < -0.3 is 9.64 Å². The summed E-state index contributed by atoms with van der Waals surface area (Å²) in [6, 6.07) is 4.19. The monoisotopic (exact) mass is 278 g/mol. The van der Waals surface area contributed by atoms with E-state index in [0.717, 1.165) is 5.57 Å². The number of carbonyl (C=O) groups is 1. The molecule has 0 fully saturated rings. The van der Waals surface area contributed by atoms with Gasteiger partial charge in [-0.15, -0.1) is 0 Å². The van der Waals surface area contributed by atoms with Crippen LogP contribution < -0.4 is 4.74 Å².